The van der Waals surface area contributed by atoms with E-state index >= 15 is 0 Å². The Kier molecular flexibility index (Phi) is 4.97. The van der Waals surface area contributed by atoms with Gasteiger partial charge in [-0.3, -0.25) is 9.59 Å². The second-order valence-electron chi connectivity index (χ2n) is 7.25. The van der Waals surface area contributed by atoms with E-state index in [-0.39, 0.29) is 17.9 Å². The number of amides is 1. The van der Waals surface area contributed by atoms with Gasteiger partial charge in [-0.1, -0.05) is 25.7 Å². The summed E-state index contributed by atoms with van der Waals surface area (Å²) in [7, 11) is 0. The van der Waals surface area contributed by atoms with Gasteiger partial charge in [0.1, 0.15) is 5.78 Å². The number of carbonyl (C=O) groups is 2. The summed E-state index contributed by atoms with van der Waals surface area (Å²) in [6, 6.07) is 0.226. The van der Waals surface area contributed by atoms with Gasteiger partial charge in [0.25, 0.3) is 0 Å². The lowest BCUT2D eigenvalue weighted by molar-refractivity contribution is -0.142. The Bertz CT molecular complexity index is 385. The average Bonchev–Trinajstić information content (AvgIpc) is 2.77. The van der Waals surface area contributed by atoms with Gasteiger partial charge in [-0.2, -0.15) is 0 Å². The fourth-order valence-electron chi connectivity index (χ4n) is 4.66. The van der Waals surface area contributed by atoms with E-state index in [1.165, 1.54) is 32.1 Å². The zero-order chi connectivity index (χ0) is 14.7. The van der Waals surface area contributed by atoms with Crippen molar-refractivity contribution in [3.8, 4) is 0 Å². The van der Waals surface area contributed by atoms with Crippen molar-refractivity contribution in [1.29, 1.82) is 0 Å². The molecule has 3 nitrogen and oxygen atoms in total. The molecule has 1 aliphatic heterocycles. The summed E-state index contributed by atoms with van der Waals surface area (Å²) < 4.78 is 0. The maximum Gasteiger partial charge on any atom is 0.225 e. The molecule has 0 N–H and O–H groups in total. The molecule has 2 aliphatic carbocycles. The highest BCUT2D eigenvalue weighted by molar-refractivity contribution is 5.85. The average molecular weight is 291 g/mol. The standard InChI is InChI=1S/C18H29NO2/c20-17-12-7-10-15(17)16-11-5-6-13-19(16)18(21)14-8-3-1-2-4-9-14/h14-16H,1-13H2. The molecule has 3 aliphatic rings. The highest BCUT2D eigenvalue weighted by Gasteiger charge is 2.40. The van der Waals surface area contributed by atoms with Crippen LogP contribution in [-0.2, 0) is 9.59 Å². The molecule has 3 rings (SSSR count). The van der Waals surface area contributed by atoms with Gasteiger partial charge in [0.15, 0.2) is 0 Å². The van der Waals surface area contributed by atoms with Crippen LogP contribution in [0.4, 0.5) is 0 Å². The van der Waals surface area contributed by atoms with Crippen molar-refractivity contribution in [2.24, 2.45) is 11.8 Å². The second kappa shape index (κ2) is 6.93. The lowest BCUT2D eigenvalue weighted by atomic mass is 9.86. The van der Waals surface area contributed by atoms with Crippen LogP contribution in [0.25, 0.3) is 0 Å². The van der Waals surface area contributed by atoms with Crippen LogP contribution in [0.15, 0.2) is 0 Å². The topological polar surface area (TPSA) is 37.4 Å². The third-order valence-corrected chi connectivity index (χ3v) is 5.85. The van der Waals surface area contributed by atoms with Crippen molar-refractivity contribution in [3.63, 3.8) is 0 Å². The number of Topliss-reactive ketones (excluding diaryl/α,β-unsaturated/α-hetero) is 1. The quantitative estimate of drug-likeness (QED) is 0.727. The van der Waals surface area contributed by atoms with E-state index < -0.39 is 0 Å². The number of piperidine rings is 1. The number of nitrogens with zero attached hydrogens (tertiary/aromatic N) is 1. The Morgan fingerprint density at radius 1 is 0.857 bits per heavy atom. The zero-order valence-corrected chi connectivity index (χ0v) is 13.2. The van der Waals surface area contributed by atoms with E-state index in [0.29, 0.717) is 11.7 Å². The molecule has 21 heavy (non-hydrogen) atoms. The minimum Gasteiger partial charge on any atom is -0.339 e. The maximum absolute atomic E-state index is 13.0. The van der Waals surface area contributed by atoms with Gasteiger partial charge < -0.3 is 4.90 Å². The van der Waals surface area contributed by atoms with Crippen molar-refractivity contribution in [2.45, 2.75) is 83.1 Å². The Morgan fingerprint density at radius 2 is 1.57 bits per heavy atom. The fraction of sp³-hybridized carbons (Fsp3) is 0.889. The molecule has 1 heterocycles. The number of hydrogen-bond acceptors (Lipinski definition) is 2. The Labute approximate surface area is 128 Å². The number of likely N-dealkylation sites (tertiary alicyclic amines) is 1. The van der Waals surface area contributed by atoms with E-state index in [9.17, 15) is 9.59 Å². The molecule has 2 atom stereocenters. The number of hydrogen-bond donors (Lipinski definition) is 0. The molecule has 3 fully saturated rings. The van der Waals surface area contributed by atoms with Gasteiger partial charge in [0, 0.05) is 30.8 Å². The molecule has 118 valence electrons. The van der Waals surface area contributed by atoms with Crippen molar-refractivity contribution < 1.29 is 9.59 Å². The highest BCUT2D eigenvalue weighted by atomic mass is 16.2. The second-order valence-corrected chi connectivity index (χ2v) is 7.25. The van der Waals surface area contributed by atoms with Crippen LogP contribution in [0.2, 0.25) is 0 Å². The maximum atomic E-state index is 13.0. The van der Waals surface area contributed by atoms with Gasteiger partial charge in [0.05, 0.1) is 0 Å². The number of rotatable bonds is 2. The number of carbonyl (C=O) groups excluding carboxylic acids is 2. The van der Waals surface area contributed by atoms with Gasteiger partial charge in [-0.25, -0.2) is 0 Å². The van der Waals surface area contributed by atoms with E-state index in [1.54, 1.807) is 0 Å². The first-order valence-electron chi connectivity index (χ1n) is 9.10. The Balaban J connectivity index is 1.70. The molecular weight excluding hydrogens is 262 g/mol. The van der Waals surface area contributed by atoms with Crippen LogP contribution in [-0.4, -0.2) is 29.2 Å². The zero-order valence-electron chi connectivity index (χ0n) is 13.2. The van der Waals surface area contributed by atoms with E-state index in [1.807, 2.05) is 0 Å². The molecule has 3 heteroatoms. The lowest BCUT2D eigenvalue weighted by Crippen LogP contribution is -2.50. The summed E-state index contributed by atoms with van der Waals surface area (Å²) in [6.45, 7) is 0.893. The summed E-state index contributed by atoms with van der Waals surface area (Å²) in [6.07, 6.45) is 13.3. The molecule has 2 saturated carbocycles. The van der Waals surface area contributed by atoms with E-state index in [4.69, 9.17) is 0 Å². The fourth-order valence-corrected chi connectivity index (χ4v) is 4.66. The summed E-state index contributed by atoms with van der Waals surface area (Å²) in [5.41, 5.74) is 0. The molecule has 1 saturated heterocycles. The van der Waals surface area contributed by atoms with Crippen molar-refractivity contribution >= 4 is 11.7 Å². The lowest BCUT2D eigenvalue weighted by Gasteiger charge is -2.40. The summed E-state index contributed by atoms with van der Waals surface area (Å²) in [4.78, 5) is 27.3. The highest BCUT2D eigenvalue weighted by Crippen LogP contribution is 2.35. The summed E-state index contributed by atoms with van der Waals surface area (Å²) in [5, 5.41) is 0. The molecule has 0 aromatic heterocycles. The normalized spacial score (nSPS) is 32.2. The minimum atomic E-state index is 0.153. The van der Waals surface area contributed by atoms with Crippen molar-refractivity contribution in [1.82, 2.24) is 4.90 Å². The predicted molar refractivity (Wildman–Crippen MR) is 82.9 cm³/mol. The SMILES string of the molecule is O=C1CCCC1C1CCCCN1C(=O)C1CCCCCC1. The molecule has 0 bridgehead atoms. The van der Waals surface area contributed by atoms with Gasteiger partial charge in [0.2, 0.25) is 5.91 Å². The smallest absolute Gasteiger partial charge is 0.225 e. The van der Waals surface area contributed by atoms with Gasteiger partial charge >= 0.3 is 0 Å². The third kappa shape index (κ3) is 3.32. The summed E-state index contributed by atoms with van der Waals surface area (Å²) in [5.74, 6) is 1.19. The van der Waals surface area contributed by atoms with Gasteiger partial charge in [-0.15, -0.1) is 0 Å². The van der Waals surface area contributed by atoms with Crippen molar-refractivity contribution in [2.75, 3.05) is 6.54 Å². The Hall–Kier alpha value is -0.860. The molecular formula is C18H29NO2. The molecule has 1 amide bonds. The first-order valence-corrected chi connectivity index (χ1v) is 9.10. The van der Waals surface area contributed by atoms with Crippen LogP contribution >= 0.6 is 0 Å². The van der Waals surface area contributed by atoms with E-state index in [0.717, 1.165) is 51.5 Å². The Morgan fingerprint density at radius 3 is 2.24 bits per heavy atom. The third-order valence-electron chi connectivity index (χ3n) is 5.85. The molecule has 2 unspecified atom stereocenters. The first kappa shape index (κ1) is 15.1. The first-order chi connectivity index (χ1) is 10.3. The van der Waals surface area contributed by atoms with Crippen molar-refractivity contribution in [3.05, 3.63) is 0 Å². The minimum absolute atomic E-state index is 0.153. The molecule has 0 spiro atoms. The number of ketones is 1. The molecule has 0 aromatic rings. The summed E-state index contributed by atoms with van der Waals surface area (Å²) >= 11 is 0. The van der Waals surface area contributed by atoms with Crippen LogP contribution in [0.1, 0.15) is 77.0 Å². The predicted octanol–water partition coefficient (Wildman–Crippen LogP) is 3.71. The molecule has 0 aromatic carbocycles. The van der Waals surface area contributed by atoms with Gasteiger partial charge in [-0.05, 0) is 44.9 Å². The van der Waals surface area contributed by atoms with Crippen LogP contribution in [0.5, 0.6) is 0 Å². The monoisotopic (exact) mass is 291 g/mol. The molecule has 0 radical (unpaired) electrons. The largest absolute Gasteiger partial charge is 0.339 e. The van der Waals surface area contributed by atoms with Crippen LogP contribution in [0.3, 0.4) is 0 Å². The van der Waals surface area contributed by atoms with E-state index in [2.05, 4.69) is 4.90 Å². The van der Waals surface area contributed by atoms with Crippen LogP contribution in [0, 0.1) is 11.8 Å². The van der Waals surface area contributed by atoms with Crippen LogP contribution < -0.4 is 0 Å².